The highest BCUT2D eigenvalue weighted by atomic mass is 35.5. The lowest BCUT2D eigenvalue weighted by atomic mass is 9.70. The van der Waals surface area contributed by atoms with E-state index in [-0.39, 0.29) is 29.6 Å². The van der Waals surface area contributed by atoms with Gasteiger partial charge in [-0.05, 0) is 37.0 Å². The summed E-state index contributed by atoms with van der Waals surface area (Å²) in [6.45, 7) is 2.19. The molecular weight excluding hydrogens is 498 g/mol. The van der Waals surface area contributed by atoms with Gasteiger partial charge in [-0.2, -0.15) is 0 Å². The number of rotatable bonds is 8. The fourth-order valence-corrected chi connectivity index (χ4v) is 8.57. The van der Waals surface area contributed by atoms with Crippen molar-refractivity contribution in [2.24, 2.45) is 11.8 Å². The van der Waals surface area contributed by atoms with E-state index in [4.69, 9.17) is 11.6 Å². The smallest absolute Gasteiger partial charge is 0.248 e. The number of amides is 3. The lowest BCUT2D eigenvalue weighted by molar-refractivity contribution is -0.142. The predicted octanol–water partition coefficient (Wildman–Crippen LogP) is 3.63. The van der Waals surface area contributed by atoms with Crippen molar-refractivity contribution in [2.45, 2.75) is 48.3 Å². The number of aliphatic hydroxyl groups is 1. The monoisotopic (exact) mass is 527 g/mol. The minimum absolute atomic E-state index is 0.0159. The standard InChI is InChI=1S/C27H30ClN3O4S/c1-2-14-29-24(33)21-20-12-13-27(36-20)22(21)26(35)31(19(15-32)16-8-4-3-5-9-16)23(27)25(34)30-18-11-7-6-10-17(18)28/h3-11,19-23,32H,2,12-15H2,1H3,(H,29,33)(H,30,34)/t19-,20-,21+,22+,23?,27?/m1/s1. The predicted molar refractivity (Wildman–Crippen MR) is 141 cm³/mol. The highest BCUT2D eigenvalue weighted by Gasteiger charge is 2.74. The Morgan fingerprint density at radius 3 is 2.58 bits per heavy atom. The van der Waals surface area contributed by atoms with E-state index in [9.17, 15) is 19.5 Å². The molecule has 3 saturated heterocycles. The molecule has 190 valence electrons. The molecule has 0 aromatic heterocycles. The summed E-state index contributed by atoms with van der Waals surface area (Å²) in [5.74, 6) is -1.85. The largest absolute Gasteiger partial charge is 0.394 e. The summed E-state index contributed by atoms with van der Waals surface area (Å²) >= 11 is 7.94. The van der Waals surface area contributed by atoms with E-state index in [1.54, 1.807) is 40.9 Å². The van der Waals surface area contributed by atoms with E-state index in [0.29, 0.717) is 23.7 Å². The number of hydrogen-bond donors (Lipinski definition) is 3. The van der Waals surface area contributed by atoms with Gasteiger partial charge in [0.05, 0.1) is 39.9 Å². The first-order valence-electron chi connectivity index (χ1n) is 12.4. The van der Waals surface area contributed by atoms with Crippen LogP contribution in [0.4, 0.5) is 5.69 Å². The normalized spacial score (nSPS) is 29.2. The fourth-order valence-electron chi connectivity index (χ4n) is 6.19. The van der Waals surface area contributed by atoms with Crippen LogP contribution < -0.4 is 10.6 Å². The van der Waals surface area contributed by atoms with Crippen LogP contribution in [0.15, 0.2) is 54.6 Å². The number of likely N-dealkylation sites (tertiary alicyclic amines) is 1. The number of anilines is 1. The van der Waals surface area contributed by atoms with Gasteiger partial charge in [0.1, 0.15) is 6.04 Å². The van der Waals surface area contributed by atoms with E-state index in [0.717, 1.165) is 18.4 Å². The lowest BCUT2D eigenvalue weighted by Gasteiger charge is -2.37. The molecule has 36 heavy (non-hydrogen) atoms. The fraction of sp³-hybridized carbons (Fsp3) is 0.444. The molecule has 3 N–H and O–H groups in total. The van der Waals surface area contributed by atoms with Crippen molar-refractivity contribution in [3.8, 4) is 0 Å². The first-order chi connectivity index (χ1) is 17.4. The third-order valence-electron chi connectivity index (χ3n) is 7.66. The highest BCUT2D eigenvalue weighted by Crippen LogP contribution is 2.67. The molecule has 5 rings (SSSR count). The molecule has 7 nitrogen and oxygen atoms in total. The number of nitrogens with one attached hydrogen (secondary N) is 2. The molecule has 2 unspecified atom stereocenters. The number of aliphatic hydroxyl groups excluding tert-OH is 1. The van der Waals surface area contributed by atoms with Crippen LogP contribution in [0.2, 0.25) is 5.02 Å². The second kappa shape index (κ2) is 10.1. The van der Waals surface area contributed by atoms with Gasteiger partial charge in [-0.1, -0.05) is 61.0 Å². The van der Waals surface area contributed by atoms with Gasteiger partial charge in [0.25, 0.3) is 0 Å². The van der Waals surface area contributed by atoms with Crippen molar-refractivity contribution < 1.29 is 19.5 Å². The van der Waals surface area contributed by atoms with Crippen LogP contribution in [0, 0.1) is 11.8 Å². The van der Waals surface area contributed by atoms with Crippen LogP contribution in [0.5, 0.6) is 0 Å². The number of nitrogens with zero attached hydrogens (tertiary/aromatic N) is 1. The maximum absolute atomic E-state index is 14.2. The topological polar surface area (TPSA) is 98.7 Å². The molecule has 2 bridgehead atoms. The van der Waals surface area contributed by atoms with Gasteiger partial charge >= 0.3 is 0 Å². The molecule has 0 aliphatic carbocycles. The highest BCUT2D eigenvalue weighted by molar-refractivity contribution is 8.02. The average molecular weight is 528 g/mol. The van der Waals surface area contributed by atoms with Crippen LogP contribution in [-0.2, 0) is 14.4 Å². The molecule has 1 spiro atoms. The molecule has 2 aromatic rings. The minimum atomic E-state index is -0.859. The zero-order valence-corrected chi connectivity index (χ0v) is 21.6. The zero-order chi connectivity index (χ0) is 25.4. The Balaban J connectivity index is 1.57. The number of thioether (sulfide) groups is 1. The number of fused-ring (bicyclic) bond motifs is 1. The summed E-state index contributed by atoms with van der Waals surface area (Å²) in [5, 5.41) is 16.8. The van der Waals surface area contributed by atoms with E-state index in [1.165, 1.54) is 0 Å². The summed E-state index contributed by atoms with van der Waals surface area (Å²) in [5.41, 5.74) is 1.21. The number of halogens is 1. The van der Waals surface area contributed by atoms with Gasteiger partial charge in [0.15, 0.2) is 0 Å². The molecule has 2 aromatic carbocycles. The third kappa shape index (κ3) is 3.99. The number of carbonyl (C=O) groups is 3. The van der Waals surface area contributed by atoms with Crippen molar-refractivity contribution in [2.75, 3.05) is 18.5 Å². The Morgan fingerprint density at radius 2 is 1.89 bits per heavy atom. The van der Waals surface area contributed by atoms with Gasteiger partial charge in [-0.3, -0.25) is 14.4 Å². The van der Waals surface area contributed by atoms with E-state index in [1.807, 2.05) is 37.3 Å². The van der Waals surface area contributed by atoms with Gasteiger partial charge in [0, 0.05) is 11.8 Å². The van der Waals surface area contributed by atoms with Gasteiger partial charge in [-0.15, -0.1) is 11.8 Å². The quantitative estimate of drug-likeness (QED) is 0.487. The Morgan fingerprint density at radius 1 is 1.17 bits per heavy atom. The summed E-state index contributed by atoms with van der Waals surface area (Å²) in [7, 11) is 0. The van der Waals surface area contributed by atoms with Crippen LogP contribution in [0.3, 0.4) is 0 Å². The second-order valence-electron chi connectivity index (χ2n) is 9.67. The summed E-state index contributed by atoms with van der Waals surface area (Å²) in [4.78, 5) is 43.0. The zero-order valence-electron chi connectivity index (χ0n) is 20.0. The Bertz CT molecular complexity index is 1160. The molecule has 0 radical (unpaired) electrons. The number of benzene rings is 2. The third-order valence-corrected chi connectivity index (χ3v) is 9.94. The SMILES string of the molecule is CCCNC(=O)[C@@H]1[C@H]2C(=O)N([C@H](CO)c3ccccc3)C(C(=O)Nc3ccccc3Cl)C23CC[C@H]1S3. The molecule has 0 saturated carbocycles. The molecule has 3 fully saturated rings. The first-order valence-corrected chi connectivity index (χ1v) is 13.7. The van der Waals surface area contributed by atoms with E-state index >= 15 is 0 Å². The van der Waals surface area contributed by atoms with Crippen LogP contribution in [0.1, 0.15) is 37.8 Å². The maximum Gasteiger partial charge on any atom is 0.248 e. The van der Waals surface area contributed by atoms with Crippen LogP contribution in [-0.4, -0.2) is 56.9 Å². The Kier molecular flexibility index (Phi) is 7.03. The van der Waals surface area contributed by atoms with E-state index < -0.39 is 28.7 Å². The molecule has 9 heteroatoms. The Hall–Kier alpha value is -2.55. The molecule has 6 atom stereocenters. The number of carbonyl (C=O) groups excluding carboxylic acids is 3. The molecular formula is C27H30ClN3O4S. The van der Waals surface area contributed by atoms with Gasteiger partial charge in [-0.25, -0.2) is 0 Å². The van der Waals surface area contributed by atoms with Crippen molar-refractivity contribution in [3.63, 3.8) is 0 Å². The van der Waals surface area contributed by atoms with Crippen molar-refractivity contribution >= 4 is 46.8 Å². The summed E-state index contributed by atoms with van der Waals surface area (Å²) in [6, 6.07) is 14.7. The molecule has 3 aliphatic rings. The van der Waals surface area contributed by atoms with Crippen LogP contribution >= 0.6 is 23.4 Å². The first kappa shape index (κ1) is 25.1. The lowest BCUT2D eigenvalue weighted by Crippen LogP contribution is -2.52. The van der Waals surface area contributed by atoms with Gasteiger partial charge in [0.2, 0.25) is 17.7 Å². The van der Waals surface area contributed by atoms with Crippen molar-refractivity contribution in [3.05, 3.63) is 65.2 Å². The molecule has 3 amide bonds. The molecule has 3 heterocycles. The second-order valence-corrected chi connectivity index (χ2v) is 11.7. The van der Waals surface area contributed by atoms with Crippen LogP contribution in [0.25, 0.3) is 0 Å². The number of hydrogen-bond acceptors (Lipinski definition) is 5. The Labute approximate surface area is 220 Å². The van der Waals surface area contributed by atoms with Crippen molar-refractivity contribution in [1.29, 1.82) is 0 Å². The minimum Gasteiger partial charge on any atom is -0.394 e. The van der Waals surface area contributed by atoms with Gasteiger partial charge < -0.3 is 20.6 Å². The van der Waals surface area contributed by atoms with E-state index in [2.05, 4.69) is 10.6 Å². The maximum atomic E-state index is 14.2. The summed E-state index contributed by atoms with van der Waals surface area (Å²) in [6.07, 6.45) is 2.22. The average Bonchev–Trinajstić information content (AvgIpc) is 3.53. The molecule has 3 aliphatic heterocycles. The number of para-hydroxylation sites is 1. The summed E-state index contributed by atoms with van der Waals surface area (Å²) < 4.78 is -0.747. The van der Waals surface area contributed by atoms with Crippen molar-refractivity contribution in [1.82, 2.24) is 10.2 Å².